The average Bonchev–Trinajstić information content (AvgIpc) is 3.16. The molecule has 2 aromatic carbocycles. The number of hydrogen-bond acceptors (Lipinski definition) is 3. The molecule has 0 radical (unpaired) electrons. The molecule has 0 aliphatic rings. The number of fused-ring (bicyclic) bond motifs is 2. The minimum atomic E-state index is -0.145. The van der Waals surface area contributed by atoms with Crippen molar-refractivity contribution in [3.8, 4) is 0 Å². The van der Waals surface area contributed by atoms with Crippen LogP contribution in [-0.4, -0.2) is 24.9 Å². The number of H-pyrrole nitrogens is 1. The maximum Gasteiger partial charge on any atom is 0.326 e. The molecule has 4 rings (SSSR count). The lowest BCUT2D eigenvalue weighted by atomic mass is 10.1. The fourth-order valence-corrected chi connectivity index (χ4v) is 3.56. The number of carbonyl (C=O) groups excluding carboxylic acids is 1. The van der Waals surface area contributed by atoms with Gasteiger partial charge in [0, 0.05) is 12.1 Å². The van der Waals surface area contributed by atoms with Crippen LogP contribution in [0, 0.1) is 5.92 Å². The number of ketones is 1. The third kappa shape index (κ3) is 3.26. The van der Waals surface area contributed by atoms with Gasteiger partial charge >= 0.3 is 5.69 Å². The van der Waals surface area contributed by atoms with E-state index in [1.54, 1.807) is 11.5 Å². The topological polar surface area (TPSA) is 72.7 Å². The Morgan fingerprint density at radius 3 is 2.64 bits per heavy atom. The van der Waals surface area contributed by atoms with E-state index >= 15 is 0 Å². The van der Waals surface area contributed by atoms with Crippen molar-refractivity contribution in [1.82, 2.24) is 19.1 Å². The molecule has 0 saturated carbocycles. The predicted molar refractivity (Wildman–Crippen MR) is 111 cm³/mol. The Balaban J connectivity index is 1.84. The normalized spacial score (nSPS) is 11.7. The highest BCUT2D eigenvalue weighted by molar-refractivity contribution is 5.97. The third-order valence-electron chi connectivity index (χ3n) is 5.15. The summed E-state index contributed by atoms with van der Waals surface area (Å²) < 4.78 is 3.89. The lowest BCUT2D eigenvalue weighted by Gasteiger charge is -2.11. The van der Waals surface area contributed by atoms with Crippen molar-refractivity contribution < 1.29 is 4.79 Å². The molecule has 0 aliphatic heterocycles. The number of benzene rings is 2. The second kappa shape index (κ2) is 7.11. The van der Waals surface area contributed by atoms with Crippen LogP contribution in [0.15, 0.2) is 47.3 Å². The van der Waals surface area contributed by atoms with Crippen LogP contribution >= 0.6 is 0 Å². The molecule has 0 fully saturated rings. The van der Waals surface area contributed by atoms with Gasteiger partial charge in [-0.25, -0.2) is 9.78 Å². The van der Waals surface area contributed by atoms with Gasteiger partial charge < -0.3 is 9.55 Å². The molecule has 0 atom stereocenters. The number of aryl methyl sites for hydroxylation is 1. The number of aromatic nitrogens is 4. The average molecular weight is 376 g/mol. The minimum Gasteiger partial charge on any atom is -0.326 e. The van der Waals surface area contributed by atoms with E-state index in [1.165, 1.54) is 0 Å². The zero-order valence-electron chi connectivity index (χ0n) is 16.4. The van der Waals surface area contributed by atoms with E-state index in [4.69, 9.17) is 4.98 Å². The van der Waals surface area contributed by atoms with E-state index in [9.17, 15) is 9.59 Å². The highest BCUT2D eigenvalue weighted by atomic mass is 16.1. The fourth-order valence-electron chi connectivity index (χ4n) is 3.56. The molecule has 28 heavy (non-hydrogen) atoms. The summed E-state index contributed by atoms with van der Waals surface area (Å²) in [6.45, 7) is 7.14. The van der Waals surface area contributed by atoms with Crippen molar-refractivity contribution in [2.45, 2.75) is 40.3 Å². The summed E-state index contributed by atoms with van der Waals surface area (Å²) in [4.78, 5) is 32.0. The Bertz CT molecular complexity index is 1230. The largest absolute Gasteiger partial charge is 0.326 e. The summed E-state index contributed by atoms with van der Waals surface area (Å²) >= 11 is 0. The van der Waals surface area contributed by atoms with Gasteiger partial charge in [0.25, 0.3) is 0 Å². The van der Waals surface area contributed by atoms with Crippen molar-refractivity contribution in [2.75, 3.05) is 0 Å². The second-order valence-corrected chi connectivity index (χ2v) is 7.66. The molecule has 2 heterocycles. The van der Waals surface area contributed by atoms with E-state index < -0.39 is 0 Å². The van der Waals surface area contributed by atoms with Gasteiger partial charge in [-0.3, -0.25) is 9.36 Å². The second-order valence-electron chi connectivity index (χ2n) is 7.66. The number of para-hydroxylation sites is 2. The number of aromatic amines is 1. The van der Waals surface area contributed by atoms with Gasteiger partial charge in [-0.15, -0.1) is 0 Å². The van der Waals surface area contributed by atoms with Crippen molar-refractivity contribution in [2.24, 2.45) is 5.92 Å². The summed E-state index contributed by atoms with van der Waals surface area (Å²) in [5, 5.41) is 0. The molecule has 0 bridgehead atoms. The molecule has 0 spiro atoms. The van der Waals surface area contributed by atoms with Crippen LogP contribution in [-0.2, 0) is 13.1 Å². The molecule has 6 heteroatoms. The molecule has 0 aliphatic carbocycles. The number of rotatable bonds is 6. The lowest BCUT2D eigenvalue weighted by molar-refractivity contribution is 0.101. The zero-order valence-corrected chi connectivity index (χ0v) is 16.4. The van der Waals surface area contributed by atoms with Gasteiger partial charge in [-0.2, -0.15) is 0 Å². The molecule has 4 aromatic rings. The Morgan fingerprint density at radius 1 is 1.11 bits per heavy atom. The maximum absolute atomic E-state index is 12.5. The summed E-state index contributed by atoms with van der Waals surface area (Å²) in [7, 11) is 0. The predicted octanol–water partition coefficient (Wildman–Crippen LogP) is 3.98. The maximum atomic E-state index is 12.5. The van der Waals surface area contributed by atoms with E-state index in [2.05, 4.69) is 23.4 Å². The van der Waals surface area contributed by atoms with Crippen LogP contribution in [0.25, 0.3) is 22.1 Å². The smallest absolute Gasteiger partial charge is 0.326 e. The number of Topliss-reactive ketones (excluding diaryl/α,β-unsaturated/α-hetero) is 1. The first-order valence-electron chi connectivity index (χ1n) is 9.61. The van der Waals surface area contributed by atoms with E-state index in [1.807, 2.05) is 42.5 Å². The van der Waals surface area contributed by atoms with Gasteiger partial charge in [0.05, 0.1) is 28.6 Å². The van der Waals surface area contributed by atoms with Crippen LogP contribution in [0.2, 0.25) is 0 Å². The highest BCUT2D eigenvalue weighted by Crippen LogP contribution is 2.21. The minimum absolute atomic E-state index is 0.0213. The van der Waals surface area contributed by atoms with Crippen molar-refractivity contribution in [1.29, 1.82) is 0 Å². The van der Waals surface area contributed by atoms with Crippen LogP contribution in [0.5, 0.6) is 0 Å². The summed E-state index contributed by atoms with van der Waals surface area (Å²) in [5.74, 6) is 1.40. The molecular weight excluding hydrogens is 352 g/mol. The van der Waals surface area contributed by atoms with Crippen molar-refractivity contribution in [3.63, 3.8) is 0 Å². The lowest BCUT2D eigenvalue weighted by Crippen LogP contribution is -2.20. The van der Waals surface area contributed by atoms with Gasteiger partial charge in [-0.1, -0.05) is 26.0 Å². The number of hydrogen-bond donors (Lipinski definition) is 1. The van der Waals surface area contributed by atoms with Crippen LogP contribution in [0.3, 0.4) is 0 Å². The van der Waals surface area contributed by atoms with E-state index in [0.29, 0.717) is 18.0 Å². The standard InChI is InChI=1S/C22H24N4O2/c1-14(2)10-11-25-20-9-8-16(15(3)27)12-18(20)23-21(25)13-26-19-7-5-4-6-17(19)24-22(26)28/h4-9,12,14H,10-11,13H2,1-3H3,(H,24,28). The summed E-state index contributed by atoms with van der Waals surface area (Å²) in [6, 6.07) is 13.3. The van der Waals surface area contributed by atoms with Crippen LogP contribution in [0.4, 0.5) is 0 Å². The van der Waals surface area contributed by atoms with Crippen molar-refractivity contribution in [3.05, 3.63) is 64.3 Å². The highest BCUT2D eigenvalue weighted by Gasteiger charge is 2.15. The Kier molecular flexibility index (Phi) is 4.63. The summed E-state index contributed by atoms with van der Waals surface area (Å²) in [6.07, 6.45) is 1.01. The van der Waals surface area contributed by atoms with Gasteiger partial charge in [0.15, 0.2) is 5.78 Å². The molecule has 144 valence electrons. The van der Waals surface area contributed by atoms with Gasteiger partial charge in [0.2, 0.25) is 0 Å². The summed E-state index contributed by atoms with van der Waals surface area (Å²) in [5.41, 5.74) is 3.97. The third-order valence-corrected chi connectivity index (χ3v) is 5.15. The van der Waals surface area contributed by atoms with Crippen molar-refractivity contribution >= 4 is 27.9 Å². The van der Waals surface area contributed by atoms with Gasteiger partial charge in [-0.05, 0) is 49.6 Å². The zero-order chi connectivity index (χ0) is 19.8. The Hall–Kier alpha value is -3.15. The molecule has 0 saturated heterocycles. The first kappa shape index (κ1) is 18.2. The van der Waals surface area contributed by atoms with E-state index in [-0.39, 0.29) is 11.5 Å². The first-order valence-corrected chi connectivity index (χ1v) is 9.61. The quantitative estimate of drug-likeness (QED) is 0.517. The number of carbonyl (C=O) groups is 1. The SMILES string of the molecule is CC(=O)c1ccc2c(c1)nc(Cn1c(=O)[nH]c3ccccc31)n2CCC(C)C. The molecule has 0 amide bonds. The molecular formula is C22H24N4O2. The first-order chi connectivity index (χ1) is 13.4. The molecule has 6 nitrogen and oxygen atoms in total. The van der Waals surface area contributed by atoms with Crippen LogP contribution < -0.4 is 5.69 Å². The Labute approximate surface area is 162 Å². The molecule has 2 aromatic heterocycles. The molecule has 0 unspecified atom stereocenters. The fraction of sp³-hybridized carbons (Fsp3) is 0.318. The van der Waals surface area contributed by atoms with Crippen LogP contribution in [0.1, 0.15) is 43.4 Å². The monoisotopic (exact) mass is 376 g/mol. The van der Waals surface area contributed by atoms with E-state index in [0.717, 1.165) is 40.9 Å². The number of nitrogens with zero attached hydrogens (tertiary/aromatic N) is 3. The molecule has 1 N–H and O–H groups in total. The number of imidazole rings is 2. The van der Waals surface area contributed by atoms with Gasteiger partial charge in [0.1, 0.15) is 5.82 Å². The number of nitrogens with one attached hydrogen (secondary N) is 1. The Morgan fingerprint density at radius 2 is 1.89 bits per heavy atom.